The summed E-state index contributed by atoms with van der Waals surface area (Å²) in [5.74, 6) is 0. The van der Waals surface area contributed by atoms with E-state index >= 15 is 0 Å². The topological polar surface area (TPSA) is 234 Å². The Morgan fingerprint density at radius 3 is 1.13 bits per heavy atom. The molecule has 11 aromatic carbocycles. The molecule has 7 aromatic heterocycles. The van der Waals surface area contributed by atoms with Crippen molar-refractivity contribution in [1.29, 1.82) is 21.0 Å². The Bertz CT molecular complexity index is 6790. The smallest absolute Gasteiger partial charge is 0.0723 e. The highest BCUT2D eigenvalue weighted by Crippen LogP contribution is 2.38. The molecule has 18 aromatic rings. The van der Waals surface area contributed by atoms with Gasteiger partial charge in [-0.05, 0) is 230 Å². The summed E-state index contributed by atoms with van der Waals surface area (Å²) in [6.07, 6.45) is 23.7. The number of hydrogen-bond acceptors (Lipinski definition) is 15. The van der Waals surface area contributed by atoms with Crippen LogP contribution in [0.2, 0.25) is 0 Å². The van der Waals surface area contributed by atoms with Crippen LogP contribution in [-0.4, -0.2) is 34.9 Å². The van der Waals surface area contributed by atoms with Gasteiger partial charge in [0.05, 0.1) is 77.5 Å². The summed E-state index contributed by atoms with van der Waals surface area (Å²) in [4.78, 5) is 31.1. The summed E-state index contributed by atoms with van der Waals surface area (Å²) < 4.78 is 0. The Kier molecular flexibility index (Phi) is 22.0. The highest BCUT2D eigenvalue weighted by atomic mass is 14.9. The molecule has 1 aliphatic carbocycles. The highest BCUT2D eigenvalue weighted by Gasteiger charge is 2.15. The zero-order valence-corrected chi connectivity index (χ0v) is 62.4. The average Bonchev–Trinajstić information content (AvgIpc) is 1.14. The fraction of sp³-hybridized carbons (Fsp3) is 0.0500. The van der Waals surface area contributed by atoms with E-state index in [1.165, 1.54) is 27.6 Å². The number of fused-ring (bicyclic) bond motifs is 7. The number of nitrogens with zero attached hydrogens (tertiary/aromatic N) is 11. The van der Waals surface area contributed by atoms with Crippen LogP contribution in [0.25, 0.3) is 116 Å². The number of benzene rings is 11. The lowest BCUT2D eigenvalue weighted by molar-refractivity contribution is 1.26. The van der Waals surface area contributed by atoms with Gasteiger partial charge >= 0.3 is 0 Å². The molecule has 115 heavy (non-hydrogen) atoms. The Morgan fingerprint density at radius 1 is 0.278 bits per heavy atom. The Morgan fingerprint density at radius 2 is 0.670 bits per heavy atom. The minimum atomic E-state index is 0.418. The van der Waals surface area contributed by atoms with Gasteiger partial charge in [-0.25, -0.2) is 0 Å². The molecule has 4 N–H and O–H groups in total. The molecule has 7 heterocycles. The SMILES string of the molecule is N#CCc1ccc(Nc2ccnc3ccc(-c4ccc5c(c4)C=CC5)cc23)cc1.N#CCc1ccc(Nc2ccnc3ccc(-c4ccncc4)cc23)cc1.N#CCc1ccc(Nc2ccnc3ccc(-c4cnc5ccccc5c4)cc23)cc1.N#CCc1ccc(Nc2ccnc3ccc(-c4cncc5ccccc45)cc23)cc1. The second-order valence-electron chi connectivity index (χ2n) is 27.6. The number of nitriles is 4. The zero-order valence-electron chi connectivity index (χ0n) is 62.4. The molecule has 0 spiro atoms. The lowest BCUT2D eigenvalue weighted by Crippen LogP contribution is -1.94. The van der Waals surface area contributed by atoms with Crippen molar-refractivity contribution in [2.75, 3.05) is 21.3 Å². The van der Waals surface area contributed by atoms with E-state index < -0.39 is 0 Å². The van der Waals surface area contributed by atoms with Crippen LogP contribution in [0.4, 0.5) is 45.5 Å². The van der Waals surface area contributed by atoms with Gasteiger partial charge in [-0.15, -0.1) is 0 Å². The number of para-hydroxylation sites is 1. The van der Waals surface area contributed by atoms with Crippen LogP contribution in [-0.2, 0) is 32.1 Å². The molecule has 15 nitrogen and oxygen atoms in total. The van der Waals surface area contributed by atoms with Crippen LogP contribution in [0.3, 0.4) is 0 Å². The van der Waals surface area contributed by atoms with Crippen molar-refractivity contribution in [2.24, 2.45) is 0 Å². The number of pyridine rings is 7. The molecule has 0 radical (unpaired) electrons. The largest absolute Gasteiger partial charge is 0.355 e. The first-order valence-electron chi connectivity index (χ1n) is 37.6. The quantitative estimate of drug-likeness (QED) is 0.0704. The van der Waals surface area contributed by atoms with Gasteiger partial charge in [-0.2, -0.15) is 21.0 Å². The van der Waals surface area contributed by atoms with E-state index in [1.54, 1.807) is 18.6 Å². The summed E-state index contributed by atoms with van der Waals surface area (Å²) in [6.45, 7) is 0. The molecule has 1 aliphatic rings. The second-order valence-corrected chi connectivity index (χ2v) is 27.6. The Labute approximate surface area is 665 Å². The zero-order chi connectivity index (χ0) is 78.1. The predicted octanol–water partition coefficient (Wildman–Crippen LogP) is 23.9. The monoisotopic (exact) mass is 1480 g/mol. The van der Waals surface area contributed by atoms with Crippen LogP contribution in [0.5, 0.6) is 0 Å². The molecular formula is C100H71N15. The predicted molar refractivity (Wildman–Crippen MR) is 466 cm³/mol. The molecule has 19 rings (SSSR count). The number of rotatable bonds is 16. The molecule has 0 saturated heterocycles. The third kappa shape index (κ3) is 17.3. The van der Waals surface area contributed by atoms with Gasteiger partial charge in [0.2, 0.25) is 0 Å². The minimum Gasteiger partial charge on any atom is -0.355 e. The molecule has 546 valence electrons. The van der Waals surface area contributed by atoms with E-state index in [0.29, 0.717) is 25.7 Å². The van der Waals surface area contributed by atoms with Gasteiger partial charge < -0.3 is 21.3 Å². The normalized spacial score (nSPS) is 11.0. The molecule has 0 bridgehead atoms. The van der Waals surface area contributed by atoms with Crippen molar-refractivity contribution < 1.29 is 0 Å². The van der Waals surface area contributed by atoms with Crippen molar-refractivity contribution in [3.63, 3.8) is 0 Å². The molecule has 0 atom stereocenters. The third-order valence-corrected chi connectivity index (χ3v) is 20.1. The number of nitrogens with one attached hydrogen (secondary N) is 4. The van der Waals surface area contributed by atoms with E-state index in [-0.39, 0.29) is 0 Å². The molecule has 0 fully saturated rings. The maximum absolute atomic E-state index is 8.85. The van der Waals surface area contributed by atoms with Gasteiger partial charge in [0.1, 0.15) is 0 Å². The second kappa shape index (κ2) is 34.7. The first kappa shape index (κ1) is 73.1. The average molecular weight is 1480 g/mol. The summed E-state index contributed by atoms with van der Waals surface area (Å²) >= 11 is 0. The van der Waals surface area contributed by atoms with Crippen LogP contribution < -0.4 is 21.3 Å². The van der Waals surface area contributed by atoms with Crippen molar-refractivity contribution in [3.8, 4) is 68.8 Å². The lowest BCUT2D eigenvalue weighted by Gasteiger charge is -2.12. The molecular weight excluding hydrogens is 1410 g/mol. The first-order valence-corrected chi connectivity index (χ1v) is 37.6. The summed E-state index contributed by atoms with van der Waals surface area (Å²) in [6, 6.07) is 103. The van der Waals surface area contributed by atoms with Crippen molar-refractivity contribution >= 4 is 117 Å². The summed E-state index contributed by atoms with van der Waals surface area (Å²) in [7, 11) is 0. The third-order valence-electron chi connectivity index (χ3n) is 20.1. The highest BCUT2D eigenvalue weighted by molar-refractivity contribution is 6.02. The minimum absolute atomic E-state index is 0.418. The lowest BCUT2D eigenvalue weighted by atomic mass is 9.99. The Hall–Kier alpha value is -16.1. The molecule has 0 amide bonds. The molecule has 0 unspecified atom stereocenters. The maximum Gasteiger partial charge on any atom is 0.0723 e. The Balaban J connectivity index is 0.000000115. The van der Waals surface area contributed by atoms with Crippen LogP contribution >= 0.6 is 0 Å². The van der Waals surface area contributed by atoms with E-state index in [0.717, 1.165) is 167 Å². The standard InChI is InChI=1S/2C26H18N4.C26H19N3.C22H16N4/c27-13-11-18-5-8-22(9-6-18)30-26-12-14-28-25-10-7-19(16-23(25)26)21-15-20-3-1-2-4-24(20)29-17-21;27-13-11-18-5-8-21(9-6-18)30-26-12-14-29-25-10-7-19(15-23(25)26)24-17-28-16-20-3-1-2-4-22(20)24;27-14-12-18-4-9-23(10-5-18)29-26-13-15-28-25-11-8-22(17-24(25)26)21-7-6-19-2-1-3-20(19)16-21;23-11-7-16-1-4-19(5-2-16)26-22-10-14-25-21-6-3-18(15-20(21)22)17-8-12-24-13-9-17/h1-10,12,14-17H,11H2,(H,28,30);1-10,12,14-17H,11H2,(H,29,30);1,3-11,13,15-17H,2,12H2,(H,28,29);1-6,8-10,12-15H,7H2,(H,25,26). The van der Waals surface area contributed by atoms with E-state index in [4.69, 9.17) is 21.0 Å². The number of allylic oxidation sites excluding steroid dienone is 1. The van der Waals surface area contributed by atoms with Crippen LogP contribution in [0.15, 0.2) is 341 Å². The van der Waals surface area contributed by atoms with Gasteiger partial charge in [0.25, 0.3) is 0 Å². The van der Waals surface area contributed by atoms with Crippen molar-refractivity contribution in [1.82, 2.24) is 34.9 Å². The van der Waals surface area contributed by atoms with Gasteiger partial charge in [0, 0.05) is 145 Å². The van der Waals surface area contributed by atoms with E-state index in [1.807, 2.05) is 213 Å². The maximum atomic E-state index is 8.85. The molecule has 0 aliphatic heterocycles. The van der Waals surface area contributed by atoms with Crippen molar-refractivity contribution in [2.45, 2.75) is 32.1 Å². The number of anilines is 8. The number of aromatic nitrogens is 7. The van der Waals surface area contributed by atoms with Gasteiger partial charge in [0.15, 0.2) is 0 Å². The summed E-state index contributed by atoms with van der Waals surface area (Å²) in [5.41, 5.74) is 28.4. The van der Waals surface area contributed by atoms with Crippen LogP contribution in [0, 0.1) is 45.3 Å². The number of hydrogen-bond donors (Lipinski definition) is 4. The fourth-order valence-corrected chi connectivity index (χ4v) is 14.1. The summed E-state index contributed by atoms with van der Waals surface area (Å²) in [5, 5.41) is 56.9. The van der Waals surface area contributed by atoms with Gasteiger partial charge in [-0.3, -0.25) is 34.9 Å². The van der Waals surface area contributed by atoms with Crippen LogP contribution in [0.1, 0.15) is 33.4 Å². The molecule has 0 saturated carbocycles. The fourth-order valence-electron chi connectivity index (χ4n) is 14.1. The van der Waals surface area contributed by atoms with Crippen molar-refractivity contribution in [3.05, 3.63) is 374 Å². The van der Waals surface area contributed by atoms with E-state index in [2.05, 4.69) is 196 Å². The van der Waals surface area contributed by atoms with Gasteiger partial charge in [-0.1, -0.05) is 140 Å². The van der Waals surface area contributed by atoms with E-state index in [9.17, 15) is 0 Å². The first-order chi connectivity index (χ1) is 56.7. The molecule has 15 heteroatoms.